The van der Waals surface area contributed by atoms with Gasteiger partial charge in [-0.05, 0) is 31.0 Å². The van der Waals surface area contributed by atoms with Gasteiger partial charge in [0.25, 0.3) is 0 Å². The van der Waals surface area contributed by atoms with E-state index in [0.29, 0.717) is 0 Å². The van der Waals surface area contributed by atoms with Gasteiger partial charge < -0.3 is 0 Å². The van der Waals surface area contributed by atoms with Gasteiger partial charge in [0.2, 0.25) is 0 Å². The smallest absolute Gasteiger partial charge is 0.123 e. The number of halogens is 1. The van der Waals surface area contributed by atoms with E-state index in [1.807, 2.05) is 13.8 Å². The predicted octanol–water partition coefficient (Wildman–Crippen LogP) is 2.78. The molecule has 2 unspecified atom stereocenters. The second-order valence-corrected chi connectivity index (χ2v) is 3.53. The lowest BCUT2D eigenvalue weighted by Gasteiger charge is -2.17. The first kappa shape index (κ1) is 11.7. The molecule has 0 spiro atoms. The molecular weight excluding hydrogens is 191 g/mol. The molecule has 0 aliphatic heterocycles. The van der Waals surface area contributed by atoms with Crippen LogP contribution in [-0.4, -0.2) is 6.04 Å². The lowest BCUT2D eigenvalue weighted by molar-refractivity contribution is 0.507. The minimum Gasteiger partial charge on any atom is -0.295 e. The number of nitriles is 1. The van der Waals surface area contributed by atoms with Crippen LogP contribution in [0, 0.1) is 17.1 Å². The van der Waals surface area contributed by atoms with Gasteiger partial charge in [-0.1, -0.05) is 19.1 Å². The average Bonchev–Trinajstić information content (AvgIpc) is 2.26. The second-order valence-electron chi connectivity index (χ2n) is 3.53. The van der Waals surface area contributed by atoms with E-state index < -0.39 is 0 Å². The van der Waals surface area contributed by atoms with Gasteiger partial charge in [0.05, 0.1) is 12.1 Å². The maximum Gasteiger partial charge on any atom is 0.123 e. The summed E-state index contributed by atoms with van der Waals surface area (Å²) in [6, 6.07) is 8.42. The summed E-state index contributed by atoms with van der Waals surface area (Å²) in [6.07, 6.45) is 0.766. The fourth-order valence-electron chi connectivity index (χ4n) is 1.40. The molecule has 1 aromatic carbocycles. The van der Waals surface area contributed by atoms with E-state index in [2.05, 4.69) is 11.4 Å². The Morgan fingerprint density at radius 3 is 2.47 bits per heavy atom. The number of benzene rings is 1. The minimum atomic E-state index is -0.238. The van der Waals surface area contributed by atoms with E-state index in [1.165, 1.54) is 12.1 Å². The average molecular weight is 206 g/mol. The first-order valence-electron chi connectivity index (χ1n) is 5.08. The summed E-state index contributed by atoms with van der Waals surface area (Å²) in [7, 11) is 0. The molecule has 15 heavy (non-hydrogen) atoms. The van der Waals surface area contributed by atoms with Crippen LogP contribution in [0.5, 0.6) is 0 Å². The topological polar surface area (TPSA) is 35.8 Å². The van der Waals surface area contributed by atoms with Crippen LogP contribution in [0.1, 0.15) is 31.9 Å². The normalized spacial score (nSPS) is 14.3. The van der Waals surface area contributed by atoms with Gasteiger partial charge in [-0.25, -0.2) is 4.39 Å². The number of nitrogens with one attached hydrogen (secondary N) is 1. The molecule has 0 aromatic heterocycles. The number of rotatable bonds is 4. The zero-order valence-electron chi connectivity index (χ0n) is 9.00. The van der Waals surface area contributed by atoms with Gasteiger partial charge in [-0.3, -0.25) is 5.32 Å². The van der Waals surface area contributed by atoms with Crippen molar-refractivity contribution in [1.82, 2.24) is 5.32 Å². The second kappa shape index (κ2) is 5.47. The van der Waals surface area contributed by atoms with Crippen LogP contribution in [0.25, 0.3) is 0 Å². The molecule has 2 nitrogen and oxygen atoms in total. The summed E-state index contributed by atoms with van der Waals surface area (Å²) in [4.78, 5) is 0. The molecule has 0 radical (unpaired) electrons. The number of hydrogen-bond acceptors (Lipinski definition) is 2. The SMILES string of the molecule is CCC(C#N)NC(C)c1ccc(F)cc1. The van der Waals surface area contributed by atoms with E-state index in [4.69, 9.17) is 5.26 Å². The number of hydrogen-bond donors (Lipinski definition) is 1. The molecule has 0 saturated carbocycles. The van der Waals surface area contributed by atoms with Crippen molar-refractivity contribution < 1.29 is 4.39 Å². The third-order valence-corrected chi connectivity index (χ3v) is 2.39. The molecule has 0 bridgehead atoms. The first-order chi connectivity index (χ1) is 7.17. The molecule has 1 rings (SSSR count). The fraction of sp³-hybridized carbons (Fsp3) is 0.417. The Kier molecular flexibility index (Phi) is 4.26. The predicted molar refractivity (Wildman–Crippen MR) is 57.6 cm³/mol. The van der Waals surface area contributed by atoms with Crippen molar-refractivity contribution in [2.24, 2.45) is 0 Å². The fourth-order valence-corrected chi connectivity index (χ4v) is 1.40. The summed E-state index contributed by atoms with van der Waals surface area (Å²) in [5.41, 5.74) is 0.991. The molecule has 0 aliphatic rings. The summed E-state index contributed by atoms with van der Waals surface area (Å²) < 4.78 is 12.7. The molecule has 1 aromatic rings. The lowest BCUT2D eigenvalue weighted by atomic mass is 10.1. The van der Waals surface area contributed by atoms with Crippen molar-refractivity contribution in [3.63, 3.8) is 0 Å². The first-order valence-corrected chi connectivity index (χ1v) is 5.08. The van der Waals surface area contributed by atoms with Gasteiger partial charge in [-0.2, -0.15) is 5.26 Å². The van der Waals surface area contributed by atoms with Crippen molar-refractivity contribution >= 4 is 0 Å². The summed E-state index contributed by atoms with van der Waals surface area (Å²) in [5.74, 6) is -0.238. The van der Waals surface area contributed by atoms with Crippen LogP contribution in [0.15, 0.2) is 24.3 Å². The molecule has 0 aliphatic carbocycles. The van der Waals surface area contributed by atoms with E-state index in [9.17, 15) is 4.39 Å². The van der Waals surface area contributed by atoms with Gasteiger partial charge >= 0.3 is 0 Å². The summed E-state index contributed by atoms with van der Waals surface area (Å²) in [5, 5.41) is 12.0. The van der Waals surface area contributed by atoms with Crippen LogP contribution >= 0.6 is 0 Å². The molecule has 0 heterocycles. The van der Waals surface area contributed by atoms with E-state index in [1.54, 1.807) is 12.1 Å². The maximum absolute atomic E-state index is 12.7. The summed E-state index contributed by atoms with van der Waals surface area (Å²) in [6.45, 7) is 3.92. The highest BCUT2D eigenvalue weighted by Crippen LogP contribution is 2.13. The molecule has 0 fully saturated rings. The molecule has 0 saturated heterocycles. The third-order valence-electron chi connectivity index (χ3n) is 2.39. The highest BCUT2D eigenvalue weighted by molar-refractivity contribution is 5.19. The highest BCUT2D eigenvalue weighted by atomic mass is 19.1. The third kappa shape index (κ3) is 3.34. The molecule has 3 heteroatoms. The van der Waals surface area contributed by atoms with E-state index in [0.717, 1.165) is 12.0 Å². The van der Waals surface area contributed by atoms with Gasteiger partial charge in [0.1, 0.15) is 5.82 Å². The highest BCUT2D eigenvalue weighted by Gasteiger charge is 2.10. The Morgan fingerprint density at radius 1 is 1.40 bits per heavy atom. The Bertz CT molecular complexity index is 340. The van der Waals surface area contributed by atoms with Crippen molar-refractivity contribution in [3.8, 4) is 6.07 Å². The maximum atomic E-state index is 12.7. The van der Waals surface area contributed by atoms with Crippen molar-refractivity contribution in [1.29, 1.82) is 5.26 Å². The van der Waals surface area contributed by atoms with Crippen molar-refractivity contribution in [2.75, 3.05) is 0 Å². The Hall–Kier alpha value is -1.40. The van der Waals surface area contributed by atoms with Crippen molar-refractivity contribution in [2.45, 2.75) is 32.4 Å². The lowest BCUT2D eigenvalue weighted by Crippen LogP contribution is -2.29. The quantitative estimate of drug-likeness (QED) is 0.822. The zero-order chi connectivity index (χ0) is 11.3. The summed E-state index contributed by atoms with van der Waals surface area (Å²) >= 11 is 0. The van der Waals surface area contributed by atoms with Crippen LogP contribution < -0.4 is 5.32 Å². The van der Waals surface area contributed by atoms with E-state index in [-0.39, 0.29) is 17.9 Å². The van der Waals surface area contributed by atoms with Crippen LogP contribution in [0.3, 0.4) is 0 Å². The Labute approximate surface area is 89.7 Å². The monoisotopic (exact) mass is 206 g/mol. The van der Waals surface area contributed by atoms with Gasteiger partial charge in [0, 0.05) is 6.04 Å². The van der Waals surface area contributed by atoms with Gasteiger partial charge in [-0.15, -0.1) is 0 Å². The minimum absolute atomic E-state index is 0.0650. The molecule has 2 atom stereocenters. The largest absolute Gasteiger partial charge is 0.295 e. The Morgan fingerprint density at radius 2 is 2.00 bits per heavy atom. The Balaban J connectivity index is 2.65. The van der Waals surface area contributed by atoms with E-state index >= 15 is 0 Å². The van der Waals surface area contributed by atoms with Gasteiger partial charge in [0.15, 0.2) is 0 Å². The molecule has 0 amide bonds. The van der Waals surface area contributed by atoms with Crippen LogP contribution in [0.2, 0.25) is 0 Å². The standard InChI is InChI=1S/C12H15FN2/c1-3-12(8-14)15-9(2)10-4-6-11(13)7-5-10/h4-7,9,12,15H,3H2,1-2H3. The zero-order valence-corrected chi connectivity index (χ0v) is 9.00. The molecular formula is C12H15FN2. The number of nitrogens with zero attached hydrogens (tertiary/aromatic N) is 1. The van der Waals surface area contributed by atoms with Crippen molar-refractivity contribution in [3.05, 3.63) is 35.6 Å². The van der Waals surface area contributed by atoms with Crippen LogP contribution in [-0.2, 0) is 0 Å². The molecule has 80 valence electrons. The van der Waals surface area contributed by atoms with Crippen LogP contribution in [0.4, 0.5) is 4.39 Å². The molecule has 1 N–H and O–H groups in total.